The van der Waals surface area contributed by atoms with E-state index >= 15 is 0 Å². The topological polar surface area (TPSA) is 18.5 Å². The molecule has 0 spiro atoms. The number of rotatable bonds is 1. The summed E-state index contributed by atoms with van der Waals surface area (Å²) in [4.78, 5) is 0. The molecule has 74 valence electrons. The first-order valence-electron chi connectivity index (χ1n) is 5.04. The fourth-order valence-corrected chi connectivity index (χ4v) is 1.52. The SMILES string of the molecule is Cc1ccc(B2OC(C)C(C)O2)cc1. The van der Waals surface area contributed by atoms with Gasteiger partial charge in [0.2, 0.25) is 0 Å². The van der Waals surface area contributed by atoms with Crippen molar-refractivity contribution in [2.24, 2.45) is 0 Å². The summed E-state index contributed by atoms with van der Waals surface area (Å²) in [6, 6.07) is 8.28. The molecule has 0 bridgehead atoms. The van der Waals surface area contributed by atoms with Crippen LogP contribution in [0, 0.1) is 6.92 Å². The minimum absolute atomic E-state index is 0.180. The molecule has 1 heterocycles. The fraction of sp³-hybridized carbons (Fsp3) is 0.455. The summed E-state index contributed by atoms with van der Waals surface area (Å²) in [6.07, 6.45) is 0.364. The normalized spacial score (nSPS) is 26.9. The zero-order valence-electron chi connectivity index (χ0n) is 8.86. The Morgan fingerprint density at radius 3 is 2.00 bits per heavy atom. The highest BCUT2D eigenvalue weighted by atomic mass is 16.7. The van der Waals surface area contributed by atoms with Gasteiger partial charge in [0.05, 0.1) is 12.2 Å². The third-order valence-corrected chi connectivity index (χ3v) is 2.69. The van der Waals surface area contributed by atoms with Crippen LogP contribution in [-0.4, -0.2) is 19.3 Å². The van der Waals surface area contributed by atoms with Crippen LogP contribution in [0.25, 0.3) is 0 Å². The highest BCUT2D eigenvalue weighted by Crippen LogP contribution is 2.15. The van der Waals surface area contributed by atoms with Crippen LogP contribution in [-0.2, 0) is 9.31 Å². The first-order valence-corrected chi connectivity index (χ1v) is 5.04. The molecule has 1 aromatic carbocycles. The third-order valence-electron chi connectivity index (χ3n) is 2.69. The Morgan fingerprint density at radius 2 is 1.50 bits per heavy atom. The van der Waals surface area contributed by atoms with Crippen molar-refractivity contribution in [3.05, 3.63) is 29.8 Å². The van der Waals surface area contributed by atoms with Crippen molar-refractivity contribution in [3.63, 3.8) is 0 Å². The first-order chi connectivity index (χ1) is 6.66. The summed E-state index contributed by atoms with van der Waals surface area (Å²) in [5, 5.41) is 0. The Morgan fingerprint density at radius 1 is 1.00 bits per heavy atom. The highest BCUT2D eigenvalue weighted by Gasteiger charge is 2.35. The van der Waals surface area contributed by atoms with Crippen LogP contribution in [0.4, 0.5) is 0 Å². The van der Waals surface area contributed by atoms with E-state index in [-0.39, 0.29) is 19.3 Å². The van der Waals surface area contributed by atoms with E-state index in [2.05, 4.69) is 31.2 Å². The lowest BCUT2D eigenvalue weighted by Crippen LogP contribution is -2.32. The molecule has 1 saturated heterocycles. The van der Waals surface area contributed by atoms with Gasteiger partial charge in [0.15, 0.2) is 0 Å². The molecular weight excluding hydrogens is 175 g/mol. The van der Waals surface area contributed by atoms with Crippen LogP contribution in [0.1, 0.15) is 19.4 Å². The second kappa shape index (κ2) is 3.75. The summed E-state index contributed by atoms with van der Waals surface area (Å²) in [5.41, 5.74) is 2.36. The van der Waals surface area contributed by atoms with Gasteiger partial charge in [-0.15, -0.1) is 0 Å². The predicted octanol–water partition coefficient (Wildman–Crippen LogP) is 1.51. The summed E-state index contributed by atoms with van der Waals surface area (Å²) >= 11 is 0. The Kier molecular flexibility index (Phi) is 2.61. The monoisotopic (exact) mass is 190 g/mol. The van der Waals surface area contributed by atoms with Gasteiger partial charge in [-0.25, -0.2) is 0 Å². The quantitative estimate of drug-likeness (QED) is 0.625. The molecule has 0 amide bonds. The van der Waals surface area contributed by atoms with E-state index in [0.29, 0.717) is 0 Å². The second-order valence-electron chi connectivity index (χ2n) is 3.93. The summed E-state index contributed by atoms with van der Waals surface area (Å²) in [6.45, 7) is 6.16. The van der Waals surface area contributed by atoms with Crippen LogP contribution in [0.15, 0.2) is 24.3 Å². The van der Waals surface area contributed by atoms with E-state index in [1.165, 1.54) is 5.56 Å². The Balaban J connectivity index is 2.13. The molecule has 1 aliphatic heterocycles. The van der Waals surface area contributed by atoms with Crippen LogP contribution in [0.5, 0.6) is 0 Å². The Bertz CT molecular complexity index is 300. The van der Waals surface area contributed by atoms with E-state index in [1.807, 2.05) is 13.8 Å². The number of aryl methyl sites for hydroxylation is 1. The molecule has 2 atom stereocenters. The van der Waals surface area contributed by atoms with Crippen LogP contribution < -0.4 is 5.46 Å². The third kappa shape index (κ3) is 1.84. The molecule has 1 aromatic rings. The molecule has 0 aliphatic carbocycles. The summed E-state index contributed by atoms with van der Waals surface area (Å²) in [5.74, 6) is 0. The van der Waals surface area contributed by atoms with Crippen molar-refractivity contribution in [2.45, 2.75) is 33.0 Å². The van der Waals surface area contributed by atoms with Gasteiger partial charge >= 0.3 is 7.12 Å². The predicted molar refractivity (Wildman–Crippen MR) is 57.7 cm³/mol. The average molecular weight is 190 g/mol. The van der Waals surface area contributed by atoms with E-state index in [1.54, 1.807) is 0 Å². The lowest BCUT2D eigenvalue weighted by molar-refractivity contribution is 0.187. The number of hydrogen-bond donors (Lipinski definition) is 0. The number of benzene rings is 1. The lowest BCUT2D eigenvalue weighted by atomic mass is 9.79. The smallest absolute Gasteiger partial charge is 0.402 e. The molecule has 14 heavy (non-hydrogen) atoms. The van der Waals surface area contributed by atoms with Crippen LogP contribution in [0.2, 0.25) is 0 Å². The second-order valence-corrected chi connectivity index (χ2v) is 3.93. The molecule has 0 N–H and O–H groups in total. The molecule has 0 radical (unpaired) electrons. The molecule has 3 heteroatoms. The average Bonchev–Trinajstić information content (AvgIpc) is 2.48. The van der Waals surface area contributed by atoms with Gasteiger partial charge in [0.1, 0.15) is 0 Å². The lowest BCUT2D eigenvalue weighted by Gasteiger charge is -2.04. The minimum Gasteiger partial charge on any atom is -0.402 e. The van der Waals surface area contributed by atoms with Gasteiger partial charge in [0.25, 0.3) is 0 Å². The van der Waals surface area contributed by atoms with Crippen molar-refractivity contribution in [3.8, 4) is 0 Å². The number of hydrogen-bond acceptors (Lipinski definition) is 2. The summed E-state index contributed by atoms with van der Waals surface area (Å²) in [7, 11) is -0.180. The van der Waals surface area contributed by atoms with Gasteiger partial charge in [-0.2, -0.15) is 0 Å². The van der Waals surface area contributed by atoms with E-state index in [9.17, 15) is 0 Å². The standard InChI is InChI=1S/C11H15BO2/c1-8-4-6-11(7-5-8)12-13-9(2)10(3)14-12/h4-7,9-10H,1-3H3. The molecule has 0 aromatic heterocycles. The maximum Gasteiger partial charge on any atom is 0.494 e. The van der Waals surface area contributed by atoms with Crippen molar-refractivity contribution < 1.29 is 9.31 Å². The zero-order chi connectivity index (χ0) is 10.1. The van der Waals surface area contributed by atoms with E-state index in [4.69, 9.17) is 9.31 Å². The van der Waals surface area contributed by atoms with Crippen LogP contribution in [0.3, 0.4) is 0 Å². The molecule has 1 aliphatic rings. The Hall–Kier alpha value is -0.795. The summed E-state index contributed by atoms with van der Waals surface area (Å²) < 4.78 is 11.4. The van der Waals surface area contributed by atoms with Gasteiger partial charge in [-0.3, -0.25) is 0 Å². The molecule has 0 saturated carbocycles. The Labute approximate surface area is 85.4 Å². The van der Waals surface area contributed by atoms with Gasteiger partial charge in [-0.05, 0) is 26.2 Å². The maximum atomic E-state index is 5.68. The van der Waals surface area contributed by atoms with Crippen molar-refractivity contribution >= 4 is 12.6 Å². The van der Waals surface area contributed by atoms with E-state index < -0.39 is 0 Å². The van der Waals surface area contributed by atoms with Gasteiger partial charge in [-0.1, -0.05) is 29.8 Å². The van der Waals surface area contributed by atoms with Crippen molar-refractivity contribution in [1.82, 2.24) is 0 Å². The van der Waals surface area contributed by atoms with Crippen molar-refractivity contribution in [1.29, 1.82) is 0 Å². The fourth-order valence-electron chi connectivity index (χ4n) is 1.52. The maximum absolute atomic E-state index is 5.68. The van der Waals surface area contributed by atoms with Gasteiger partial charge < -0.3 is 9.31 Å². The molecule has 2 unspecified atom stereocenters. The molecule has 2 nitrogen and oxygen atoms in total. The van der Waals surface area contributed by atoms with E-state index in [0.717, 1.165) is 5.46 Å². The first kappa shape index (κ1) is 9.75. The van der Waals surface area contributed by atoms with Gasteiger partial charge in [0, 0.05) is 0 Å². The largest absolute Gasteiger partial charge is 0.494 e. The highest BCUT2D eigenvalue weighted by molar-refractivity contribution is 6.61. The zero-order valence-corrected chi connectivity index (χ0v) is 8.86. The van der Waals surface area contributed by atoms with Crippen molar-refractivity contribution in [2.75, 3.05) is 0 Å². The van der Waals surface area contributed by atoms with Crippen LogP contribution >= 0.6 is 0 Å². The molecule has 2 rings (SSSR count). The molecule has 1 fully saturated rings. The molecular formula is C11H15BO2. The minimum atomic E-state index is -0.180.